The van der Waals surface area contributed by atoms with Crippen molar-refractivity contribution in [3.8, 4) is 0 Å². The Bertz CT molecular complexity index is 389. The van der Waals surface area contributed by atoms with Crippen molar-refractivity contribution in [1.82, 2.24) is 4.98 Å². The zero-order valence-electron chi connectivity index (χ0n) is 10.3. The number of aryl methyl sites for hydroxylation is 1. The molecule has 0 radical (unpaired) electrons. The SMILES string of the molecule is Cc1cncc(NS(=O)CC2CCCCC2)c1. The Morgan fingerprint density at radius 1 is 1.35 bits per heavy atom. The van der Waals surface area contributed by atoms with Gasteiger partial charge in [-0.2, -0.15) is 0 Å². The zero-order chi connectivity index (χ0) is 12.1. The van der Waals surface area contributed by atoms with E-state index in [9.17, 15) is 4.21 Å². The van der Waals surface area contributed by atoms with E-state index < -0.39 is 11.0 Å². The summed E-state index contributed by atoms with van der Waals surface area (Å²) in [6.07, 6.45) is 9.94. The largest absolute Gasteiger partial charge is 0.304 e. The van der Waals surface area contributed by atoms with Crippen molar-refractivity contribution in [2.45, 2.75) is 39.0 Å². The van der Waals surface area contributed by atoms with Crippen LogP contribution < -0.4 is 4.72 Å². The minimum atomic E-state index is -0.967. The van der Waals surface area contributed by atoms with Gasteiger partial charge < -0.3 is 4.72 Å². The van der Waals surface area contributed by atoms with E-state index in [4.69, 9.17) is 0 Å². The van der Waals surface area contributed by atoms with E-state index in [-0.39, 0.29) is 0 Å². The summed E-state index contributed by atoms with van der Waals surface area (Å²) in [5.74, 6) is 1.41. The lowest BCUT2D eigenvalue weighted by Gasteiger charge is -2.21. The maximum Gasteiger partial charge on any atom is 0.117 e. The number of pyridine rings is 1. The Hall–Kier alpha value is -0.900. The van der Waals surface area contributed by atoms with Crippen LogP contribution in [0.4, 0.5) is 5.69 Å². The summed E-state index contributed by atoms with van der Waals surface area (Å²) in [4.78, 5) is 4.09. The minimum absolute atomic E-state index is 0.634. The summed E-state index contributed by atoms with van der Waals surface area (Å²) in [6, 6.07) is 1.98. The normalized spacial score (nSPS) is 18.9. The molecule has 94 valence electrons. The second-order valence-electron chi connectivity index (χ2n) is 4.87. The van der Waals surface area contributed by atoms with Crippen LogP contribution in [0, 0.1) is 12.8 Å². The van der Waals surface area contributed by atoms with Crippen LogP contribution in [0.1, 0.15) is 37.7 Å². The lowest BCUT2D eigenvalue weighted by atomic mass is 9.91. The van der Waals surface area contributed by atoms with Gasteiger partial charge in [-0.1, -0.05) is 19.3 Å². The van der Waals surface area contributed by atoms with Gasteiger partial charge >= 0.3 is 0 Å². The molecule has 0 spiro atoms. The van der Waals surface area contributed by atoms with Crippen molar-refractivity contribution in [2.24, 2.45) is 5.92 Å². The average Bonchev–Trinajstić information content (AvgIpc) is 2.30. The third kappa shape index (κ3) is 4.11. The Labute approximate surface area is 106 Å². The van der Waals surface area contributed by atoms with Gasteiger partial charge in [-0.3, -0.25) is 4.98 Å². The molecule has 0 aromatic carbocycles. The van der Waals surface area contributed by atoms with Crippen LogP contribution in [0.2, 0.25) is 0 Å². The topological polar surface area (TPSA) is 42.0 Å². The fourth-order valence-electron chi connectivity index (χ4n) is 2.35. The molecule has 0 amide bonds. The van der Waals surface area contributed by atoms with Gasteiger partial charge in [-0.15, -0.1) is 0 Å². The van der Waals surface area contributed by atoms with Crippen LogP contribution in [0.5, 0.6) is 0 Å². The highest BCUT2D eigenvalue weighted by Gasteiger charge is 2.16. The molecule has 4 heteroatoms. The number of nitrogens with one attached hydrogen (secondary N) is 1. The Balaban J connectivity index is 1.84. The van der Waals surface area contributed by atoms with Gasteiger partial charge in [0.25, 0.3) is 0 Å². The Morgan fingerprint density at radius 3 is 2.82 bits per heavy atom. The Kier molecular flexibility index (Phi) is 4.54. The molecular weight excluding hydrogens is 232 g/mol. The second kappa shape index (κ2) is 6.15. The minimum Gasteiger partial charge on any atom is -0.304 e. The molecule has 2 rings (SSSR count). The van der Waals surface area contributed by atoms with E-state index in [1.807, 2.05) is 13.0 Å². The van der Waals surface area contributed by atoms with E-state index in [0.717, 1.165) is 17.0 Å². The van der Waals surface area contributed by atoms with Crippen LogP contribution in [0.3, 0.4) is 0 Å². The van der Waals surface area contributed by atoms with Gasteiger partial charge in [0.15, 0.2) is 0 Å². The van der Waals surface area contributed by atoms with E-state index in [1.165, 1.54) is 32.1 Å². The molecule has 1 aliphatic rings. The summed E-state index contributed by atoms with van der Waals surface area (Å²) in [5.41, 5.74) is 1.95. The molecule has 0 saturated heterocycles. The summed E-state index contributed by atoms with van der Waals surface area (Å²) < 4.78 is 15.0. The zero-order valence-corrected chi connectivity index (χ0v) is 11.1. The predicted molar refractivity (Wildman–Crippen MR) is 72.2 cm³/mol. The fraction of sp³-hybridized carbons (Fsp3) is 0.615. The van der Waals surface area contributed by atoms with Crippen molar-refractivity contribution < 1.29 is 4.21 Å². The van der Waals surface area contributed by atoms with Crippen molar-refractivity contribution in [1.29, 1.82) is 0 Å². The van der Waals surface area contributed by atoms with Gasteiger partial charge in [0, 0.05) is 11.9 Å². The maximum atomic E-state index is 12.0. The first-order chi connectivity index (χ1) is 8.24. The molecule has 1 fully saturated rings. The van der Waals surface area contributed by atoms with E-state index >= 15 is 0 Å². The Morgan fingerprint density at radius 2 is 2.12 bits per heavy atom. The van der Waals surface area contributed by atoms with Crippen molar-refractivity contribution >= 4 is 16.7 Å². The van der Waals surface area contributed by atoms with Crippen LogP contribution in [-0.2, 0) is 11.0 Å². The van der Waals surface area contributed by atoms with Crippen molar-refractivity contribution in [3.05, 3.63) is 24.0 Å². The predicted octanol–water partition coefficient (Wildman–Crippen LogP) is 3.05. The number of aromatic nitrogens is 1. The number of hydrogen-bond donors (Lipinski definition) is 1. The summed E-state index contributed by atoms with van der Waals surface area (Å²) in [7, 11) is -0.967. The number of anilines is 1. The first-order valence-electron chi connectivity index (χ1n) is 6.31. The molecule has 1 aromatic rings. The van der Waals surface area contributed by atoms with E-state index in [0.29, 0.717) is 5.92 Å². The van der Waals surface area contributed by atoms with E-state index in [2.05, 4.69) is 9.71 Å². The van der Waals surface area contributed by atoms with E-state index in [1.54, 1.807) is 12.4 Å². The first kappa shape index (κ1) is 12.6. The first-order valence-corrected chi connectivity index (χ1v) is 7.62. The van der Waals surface area contributed by atoms with Crippen LogP contribution in [0.25, 0.3) is 0 Å². The molecule has 0 bridgehead atoms. The molecule has 0 aliphatic heterocycles. The van der Waals surface area contributed by atoms with Gasteiger partial charge in [0.2, 0.25) is 0 Å². The number of nitrogens with zero attached hydrogens (tertiary/aromatic N) is 1. The van der Waals surface area contributed by atoms with Crippen molar-refractivity contribution in [2.75, 3.05) is 10.5 Å². The van der Waals surface area contributed by atoms with Crippen LogP contribution >= 0.6 is 0 Å². The summed E-state index contributed by atoms with van der Waals surface area (Å²) in [6.45, 7) is 1.99. The maximum absolute atomic E-state index is 12.0. The quantitative estimate of drug-likeness (QED) is 0.895. The molecule has 1 saturated carbocycles. The molecule has 1 aliphatic carbocycles. The van der Waals surface area contributed by atoms with Gasteiger partial charge in [-0.05, 0) is 37.3 Å². The number of rotatable bonds is 4. The fourth-order valence-corrected chi connectivity index (χ4v) is 3.57. The van der Waals surface area contributed by atoms with Gasteiger partial charge in [0.1, 0.15) is 11.0 Å². The molecule has 17 heavy (non-hydrogen) atoms. The van der Waals surface area contributed by atoms with Gasteiger partial charge in [0.05, 0.1) is 11.9 Å². The van der Waals surface area contributed by atoms with Crippen LogP contribution in [0.15, 0.2) is 18.5 Å². The lowest BCUT2D eigenvalue weighted by Crippen LogP contribution is -2.19. The van der Waals surface area contributed by atoms with Crippen LogP contribution in [-0.4, -0.2) is 14.9 Å². The molecule has 1 unspecified atom stereocenters. The highest BCUT2D eigenvalue weighted by Crippen LogP contribution is 2.24. The monoisotopic (exact) mass is 252 g/mol. The smallest absolute Gasteiger partial charge is 0.117 e. The number of hydrogen-bond acceptors (Lipinski definition) is 2. The van der Waals surface area contributed by atoms with Crippen molar-refractivity contribution in [3.63, 3.8) is 0 Å². The standard InChI is InChI=1S/C13H20N2OS/c1-11-7-13(9-14-8-11)15-17(16)10-12-5-3-2-4-6-12/h7-9,12,15H,2-6,10H2,1H3. The summed E-state index contributed by atoms with van der Waals surface area (Å²) >= 11 is 0. The molecule has 1 N–H and O–H groups in total. The average molecular weight is 252 g/mol. The molecule has 1 atom stereocenters. The van der Waals surface area contributed by atoms with Gasteiger partial charge in [-0.25, -0.2) is 4.21 Å². The molecular formula is C13H20N2OS. The highest BCUT2D eigenvalue weighted by molar-refractivity contribution is 7.86. The molecule has 3 nitrogen and oxygen atoms in total. The molecule has 1 heterocycles. The lowest BCUT2D eigenvalue weighted by molar-refractivity contribution is 0.389. The third-order valence-corrected chi connectivity index (χ3v) is 4.46. The molecule has 1 aromatic heterocycles. The highest BCUT2D eigenvalue weighted by atomic mass is 32.2. The second-order valence-corrected chi connectivity index (χ2v) is 6.10. The summed E-state index contributed by atoms with van der Waals surface area (Å²) in [5, 5.41) is 0. The third-order valence-electron chi connectivity index (χ3n) is 3.22.